The first-order valence-electron chi connectivity index (χ1n) is 9.54. The van der Waals surface area contributed by atoms with Crippen molar-refractivity contribution in [2.75, 3.05) is 31.6 Å². The average molecular weight is 393 g/mol. The molecule has 4 rings (SSSR count). The Labute approximate surface area is 169 Å². The standard InChI is InChI=1S/C23H24N2O2S/c1-17-2-6-19(7-3-17)21-10-15-28-22(21)23(26)24-20-8-4-18(5-9-20)16-25-11-13-27-14-12-25/h2-10,15H,11-14,16H2,1H3,(H,24,26). The van der Waals surface area contributed by atoms with E-state index in [-0.39, 0.29) is 5.91 Å². The highest BCUT2D eigenvalue weighted by atomic mass is 32.1. The van der Waals surface area contributed by atoms with E-state index in [2.05, 4.69) is 53.5 Å². The topological polar surface area (TPSA) is 41.6 Å². The van der Waals surface area contributed by atoms with Crippen molar-refractivity contribution >= 4 is 22.9 Å². The lowest BCUT2D eigenvalue weighted by Crippen LogP contribution is -2.35. The van der Waals surface area contributed by atoms with E-state index in [9.17, 15) is 4.79 Å². The summed E-state index contributed by atoms with van der Waals surface area (Å²) in [4.78, 5) is 15.9. The van der Waals surface area contributed by atoms with E-state index < -0.39 is 0 Å². The highest BCUT2D eigenvalue weighted by molar-refractivity contribution is 7.12. The molecule has 1 fully saturated rings. The zero-order chi connectivity index (χ0) is 19.3. The monoisotopic (exact) mass is 392 g/mol. The van der Waals surface area contributed by atoms with Gasteiger partial charge in [-0.3, -0.25) is 9.69 Å². The molecule has 1 aromatic heterocycles. The first-order valence-corrected chi connectivity index (χ1v) is 10.4. The van der Waals surface area contributed by atoms with Crippen LogP contribution in [-0.4, -0.2) is 37.1 Å². The van der Waals surface area contributed by atoms with E-state index in [4.69, 9.17) is 4.74 Å². The quantitative estimate of drug-likeness (QED) is 0.678. The molecule has 2 aromatic carbocycles. The van der Waals surface area contributed by atoms with Crippen molar-refractivity contribution in [1.82, 2.24) is 4.90 Å². The molecule has 1 aliphatic heterocycles. The first-order chi connectivity index (χ1) is 13.7. The van der Waals surface area contributed by atoms with Gasteiger partial charge < -0.3 is 10.1 Å². The fourth-order valence-corrected chi connectivity index (χ4v) is 4.16. The molecule has 0 radical (unpaired) electrons. The first kappa shape index (κ1) is 18.9. The molecule has 1 N–H and O–H groups in total. The molecule has 1 aliphatic rings. The molecule has 0 saturated carbocycles. The van der Waals surface area contributed by atoms with Crippen molar-refractivity contribution in [2.45, 2.75) is 13.5 Å². The highest BCUT2D eigenvalue weighted by Gasteiger charge is 2.15. The van der Waals surface area contributed by atoms with Gasteiger partial charge in [0.05, 0.1) is 18.1 Å². The highest BCUT2D eigenvalue weighted by Crippen LogP contribution is 2.29. The van der Waals surface area contributed by atoms with Gasteiger partial charge in [-0.2, -0.15) is 0 Å². The van der Waals surface area contributed by atoms with Crippen LogP contribution in [0.1, 0.15) is 20.8 Å². The van der Waals surface area contributed by atoms with E-state index in [0.717, 1.165) is 54.5 Å². The third-order valence-corrected chi connectivity index (χ3v) is 5.87. The molecule has 2 heterocycles. The number of hydrogen-bond acceptors (Lipinski definition) is 4. The summed E-state index contributed by atoms with van der Waals surface area (Å²) in [6, 6.07) is 18.4. The van der Waals surface area contributed by atoms with Crippen molar-refractivity contribution in [3.8, 4) is 11.1 Å². The number of nitrogens with one attached hydrogen (secondary N) is 1. The van der Waals surface area contributed by atoms with E-state index in [1.807, 2.05) is 23.6 Å². The van der Waals surface area contributed by atoms with Crippen LogP contribution in [0.15, 0.2) is 60.0 Å². The van der Waals surface area contributed by atoms with Crippen molar-refractivity contribution < 1.29 is 9.53 Å². The van der Waals surface area contributed by atoms with Crippen LogP contribution >= 0.6 is 11.3 Å². The molecule has 4 nitrogen and oxygen atoms in total. The lowest BCUT2D eigenvalue weighted by molar-refractivity contribution is 0.0342. The minimum absolute atomic E-state index is 0.0634. The third-order valence-electron chi connectivity index (χ3n) is 4.96. The Morgan fingerprint density at radius 2 is 1.75 bits per heavy atom. The summed E-state index contributed by atoms with van der Waals surface area (Å²) in [5, 5.41) is 5.00. The smallest absolute Gasteiger partial charge is 0.266 e. The average Bonchev–Trinajstić information content (AvgIpc) is 3.21. The van der Waals surface area contributed by atoms with Gasteiger partial charge in [-0.25, -0.2) is 0 Å². The van der Waals surface area contributed by atoms with Crippen LogP contribution in [0.5, 0.6) is 0 Å². The van der Waals surface area contributed by atoms with Gasteiger partial charge in [-0.15, -0.1) is 11.3 Å². The second kappa shape index (κ2) is 8.69. The van der Waals surface area contributed by atoms with Crippen LogP contribution in [0, 0.1) is 6.92 Å². The zero-order valence-corrected chi connectivity index (χ0v) is 16.8. The number of benzene rings is 2. The minimum atomic E-state index is -0.0634. The van der Waals surface area contributed by atoms with E-state index in [0.29, 0.717) is 0 Å². The van der Waals surface area contributed by atoms with Crippen LogP contribution in [0.2, 0.25) is 0 Å². The number of nitrogens with zero attached hydrogens (tertiary/aromatic N) is 1. The van der Waals surface area contributed by atoms with Gasteiger partial charge in [-0.05, 0) is 41.6 Å². The maximum Gasteiger partial charge on any atom is 0.266 e. The number of carbonyl (C=O) groups is 1. The lowest BCUT2D eigenvalue weighted by atomic mass is 10.0. The summed E-state index contributed by atoms with van der Waals surface area (Å²) >= 11 is 1.47. The van der Waals surface area contributed by atoms with Crippen molar-refractivity contribution in [3.63, 3.8) is 0 Å². The number of carbonyl (C=O) groups excluding carboxylic acids is 1. The Hall–Kier alpha value is -2.47. The summed E-state index contributed by atoms with van der Waals surface area (Å²) in [5.41, 5.74) is 5.32. The summed E-state index contributed by atoms with van der Waals surface area (Å²) in [6.45, 7) is 6.53. The van der Waals surface area contributed by atoms with Crippen LogP contribution < -0.4 is 5.32 Å². The fourth-order valence-electron chi connectivity index (χ4n) is 3.34. The molecule has 5 heteroatoms. The Morgan fingerprint density at radius 3 is 2.46 bits per heavy atom. The summed E-state index contributed by atoms with van der Waals surface area (Å²) < 4.78 is 5.39. The van der Waals surface area contributed by atoms with Gasteiger partial charge >= 0.3 is 0 Å². The molecule has 3 aromatic rings. The fraction of sp³-hybridized carbons (Fsp3) is 0.261. The molecule has 0 atom stereocenters. The van der Waals surface area contributed by atoms with Gasteiger partial charge in [0.25, 0.3) is 5.91 Å². The Bertz CT molecular complexity index is 926. The van der Waals surface area contributed by atoms with Crippen molar-refractivity contribution in [2.24, 2.45) is 0 Å². The molecule has 1 saturated heterocycles. The maximum absolute atomic E-state index is 12.8. The predicted octanol–water partition coefficient (Wildman–Crippen LogP) is 4.81. The van der Waals surface area contributed by atoms with E-state index >= 15 is 0 Å². The van der Waals surface area contributed by atoms with Gasteiger partial charge in [0.1, 0.15) is 0 Å². The second-order valence-electron chi connectivity index (χ2n) is 7.07. The summed E-state index contributed by atoms with van der Waals surface area (Å²) in [5.74, 6) is -0.0634. The van der Waals surface area contributed by atoms with E-state index in [1.165, 1.54) is 22.5 Å². The number of rotatable bonds is 5. The maximum atomic E-state index is 12.8. The number of aryl methyl sites for hydroxylation is 1. The number of thiophene rings is 1. The third kappa shape index (κ3) is 4.50. The minimum Gasteiger partial charge on any atom is -0.379 e. The summed E-state index contributed by atoms with van der Waals surface area (Å²) in [7, 11) is 0. The number of amides is 1. The van der Waals surface area contributed by atoms with Crippen LogP contribution in [-0.2, 0) is 11.3 Å². The summed E-state index contributed by atoms with van der Waals surface area (Å²) in [6.07, 6.45) is 0. The molecule has 144 valence electrons. The van der Waals surface area contributed by atoms with Crippen LogP contribution in [0.25, 0.3) is 11.1 Å². The SMILES string of the molecule is Cc1ccc(-c2ccsc2C(=O)Nc2ccc(CN3CCOCC3)cc2)cc1. The van der Waals surface area contributed by atoms with E-state index in [1.54, 1.807) is 0 Å². The molecule has 0 bridgehead atoms. The second-order valence-corrected chi connectivity index (χ2v) is 7.99. The molecule has 0 aliphatic carbocycles. The molecule has 0 unspecified atom stereocenters. The van der Waals surface area contributed by atoms with Gasteiger partial charge in [0.2, 0.25) is 0 Å². The van der Waals surface area contributed by atoms with Crippen LogP contribution in [0.4, 0.5) is 5.69 Å². The number of morpholine rings is 1. The molecule has 1 amide bonds. The Balaban J connectivity index is 1.43. The Morgan fingerprint density at radius 1 is 1.04 bits per heavy atom. The zero-order valence-electron chi connectivity index (χ0n) is 16.0. The normalized spacial score (nSPS) is 14.8. The number of anilines is 1. The largest absolute Gasteiger partial charge is 0.379 e. The van der Waals surface area contributed by atoms with Crippen molar-refractivity contribution in [3.05, 3.63) is 76.0 Å². The molecule has 0 spiro atoms. The Kier molecular flexibility index (Phi) is 5.86. The number of hydrogen-bond donors (Lipinski definition) is 1. The van der Waals surface area contributed by atoms with Crippen LogP contribution in [0.3, 0.4) is 0 Å². The molecule has 28 heavy (non-hydrogen) atoms. The predicted molar refractivity (Wildman–Crippen MR) is 115 cm³/mol. The van der Waals surface area contributed by atoms with Crippen molar-refractivity contribution in [1.29, 1.82) is 0 Å². The molecular formula is C23H24N2O2S. The lowest BCUT2D eigenvalue weighted by Gasteiger charge is -2.26. The molecular weight excluding hydrogens is 368 g/mol. The van der Waals surface area contributed by atoms with Gasteiger partial charge in [-0.1, -0.05) is 42.0 Å². The van der Waals surface area contributed by atoms with Gasteiger partial charge in [0, 0.05) is 30.9 Å². The number of ether oxygens (including phenoxy) is 1. The van der Waals surface area contributed by atoms with Gasteiger partial charge in [0.15, 0.2) is 0 Å².